The average Bonchev–Trinajstić information content (AvgIpc) is 2.43. The van der Waals surface area contributed by atoms with Crippen molar-refractivity contribution in [3.63, 3.8) is 0 Å². The molecule has 0 saturated heterocycles. The van der Waals surface area contributed by atoms with E-state index in [-0.39, 0.29) is 0 Å². The maximum Gasteiger partial charge on any atom is 0.0621 e. The van der Waals surface area contributed by atoms with Crippen LogP contribution in [-0.2, 0) is 0 Å². The second kappa shape index (κ2) is 17.2. The molecule has 0 saturated carbocycles. The molecule has 110 valence electrons. The molecule has 0 aromatic rings. The molecule has 0 aliphatic heterocycles. The minimum atomic E-state index is 0.739. The Bertz CT molecular complexity index is 224. The van der Waals surface area contributed by atoms with E-state index in [4.69, 9.17) is 5.26 Å². The Morgan fingerprint density at radius 1 is 0.684 bits per heavy atom. The molecule has 19 heavy (non-hydrogen) atoms. The van der Waals surface area contributed by atoms with E-state index in [9.17, 15) is 0 Å². The fourth-order valence-corrected chi connectivity index (χ4v) is 2.27. The number of nitrogens with zero attached hydrogens (tertiary/aromatic N) is 1. The minimum absolute atomic E-state index is 0.739. The Balaban J connectivity index is 3.02. The lowest BCUT2D eigenvalue weighted by molar-refractivity contribution is 0.584. The summed E-state index contributed by atoms with van der Waals surface area (Å²) >= 11 is 0. The Morgan fingerprint density at radius 3 is 1.68 bits per heavy atom. The zero-order chi connectivity index (χ0) is 14.0. The first-order valence-corrected chi connectivity index (χ1v) is 8.43. The average molecular weight is 263 g/mol. The van der Waals surface area contributed by atoms with E-state index >= 15 is 0 Å². The van der Waals surface area contributed by atoms with Crippen LogP contribution in [0.4, 0.5) is 0 Å². The summed E-state index contributed by atoms with van der Waals surface area (Å²) < 4.78 is 0. The summed E-state index contributed by atoms with van der Waals surface area (Å²) in [6, 6.07) is 2.21. The molecule has 1 heteroatoms. The molecule has 0 spiro atoms. The summed E-state index contributed by atoms with van der Waals surface area (Å²) in [6.07, 6.45) is 22.6. The molecule has 0 atom stereocenters. The van der Waals surface area contributed by atoms with E-state index < -0.39 is 0 Å². The molecule has 0 rings (SSSR count). The third kappa shape index (κ3) is 17.2. The zero-order valence-corrected chi connectivity index (χ0v) is 13.0. The molecule has 0 bridgehead atoms. The summed E-state index contributed by atoms with van der Waals surface area (Å²) in [4.78, 5) is 0. The van der Waals surface area contributed by atoms with Crippen LogP contribution in [0.3, 0.4) is 0 Å². The van der Waals surface area contributed by atoms with Gasteiger partial charge >= 0.3 is 0 Å². The Morgan fingerprint density at radius 2 is 1.16 bits per heavy atom. The van der Waals surface area contributed by atoms with Crippen molar-refractivity contribution in [2.45, 2.75) is 96.8 Å². The van der Waals surface area contributed by atoms with Gasteiger partial charge in [-0.25, -0.2) is 0 Å². The van der Waals surface area contributed by atoms with Gasteiger partial charge in [0.15, 0.2) is 0 Å². The first-order valence-electron chi connectivity index (χ1n) is 8.43. The molecule has 0 unspecified atom stereocenters. The summed E-state index contributed by atoms with van der Waals surface area (Å²) in [6.45, 7) is 2.26. The lowest BCUT2D eigenvalue weighted by atomic mass is 10.1. The van der Waals surface area contributed by atoms with Crippen molar-refractivity contribution in [3.8, 4) is 6.07 Å². The van der Waals surface area contributed by atoms with Crippen molar-refractivity contribution in [1.29, 1.82) is 5.26 Å². The minimum Gasteiger partial charge on any atom is -0.198 e. The molecule has 0 aliphatic carbocycles. The molecule has 0 aliphatic rings. The highest BCUT2D eigenvalue weighted by molar-refractivity contribution is 4.81. The van der Waals surface area contributed by atoms with Crippen LogP contribution in [0, 0.1) is 11.3 Å². The lowest BCUT2D eigenvalue weighted by Crippen LogP contribution is -1.80. The molecule has 0 radical (unpaired) electrons. The van der Waals surface area contributed by atoms with Gasteiger partial charge in [0, 0.05) is 6.42 Å². The molecule has 0 N–H and O–H groups in total. The molecular weight excluding hydrogens is 230 g/mol. The van der Waals surface area contributed by atoms with Gasteiger partial charge in [-0.3, -0.25) is 0 Å². The number of allylic oxidation sites excluding steroid dienone is 2. The van der Waals surface area contributed by atoms with Crippen LogP contribution in [0.2, 0.25) is 0 Å². The van der Waals surface area contributed by atoms with E-state index in [1.54, 1.807) is 0 Å². The van der Waals surface area contributed by atoms with Crippen molar-refractivity contribution >= 4 is 0 Å². The first-order chi connectivity index (χ1) is 9.41. The van der Waals surface area contributed by atoms with E-state index in [0.717, 1.165) is 12.8 Å². The fraction of sp³-hybridized carbons (Fsp3) is 0.833. The summed E-state index contributed by atoms with van der Waals surface area (Å²) in [5, 5.41) is 8.41. The van der Waals surface area contributed by atoms with Crippen LogP contribution in [0.1, 0.15) is 96.8 Å². The standard InChI is InChI=1S/C18H33N/c1-2-3-4-5-6-7-8-9-10-11-12-13-14-15-16-17-18-19/h7-8H,2-6,9-17H2,1H3/b8-7-. The SMILES string of the molecule is CCCCCC/C=C\CCCCCCCCCC#N. The third-order valence-electron chi connectivity index (χ3n) is 3.55. The summed E-state index contributed by atoms with van der Waals surface area (Å²) in [7, 11) is 0. The normalized spacial score (nSPS) is 10.9. The Hall–Kier alpha value is -0.770. The maximum absolute atomic E-state index is 8.41. The smallest absolute Gasteiger partial charge is 0.0621 e. The van der Waals surface area contributed by atoms with Gasteiger partial charge in [0.2, 0.25) is 0 Å². The van der Waals surface area contributed by atoms with Crippen molar-refractivity contribution in [3.05, 3.63) is 12.2 Å². The lowest BCUT2D eigenvalue weighted by Gasteiger charge is -1.99. The first kappa shape index (κ1) is 18.2. The van der Waals surface area contributed by atoms with Crippen LogP contribution < -0.4 is 0 Å². The summed E-state index contributed by atoms with van der Waals surface area (Å²) in [5.74, 6) is 0. The van der Waals surface area contributed by atoms with Gasteiger partial charge in [-0.1, -0.05) is 70.4 Å². The second-order valence-electron chi connectivity index (χ2n) is 5.49. The maximum atomic E-state index is 8.41. The molecule has 0 fully saturated rings. The second-order valence-corrected chi connectivity index (χ2v) is 5.49. The van der Waals surface area contributed by atoms with Crippen LogP contribution >= 0.6 is 0 Å². The van der Waals surface area contributed by atoms with E-state index in [1.807, 2.05) is 0 Å². The highest BCUT2D eigenvalue weighted by atomic mass is 14.2. The number of hydrogen-bond acceptors (Lipinski definition) is 1. The number of unbranched alkanes of at least 4 members (excludes halogenated alkanes) is 12. The van der Waals surface area contributed by atoms with Crippen LogP contribution in [0.5, 0.6) is 0 Å². The largest absolute Gasteiger partial charge is 0.198 e. The third-order valence-corrected chi connectivity index (χ3v) is 3.55. The van der Waals surface area contributed by atoms with E-state index in [1.165, 1.54) is 77.0 Å². The van der Waals surface area contributed by atoms with Gasteiger partial charge in [-0.2, -0.15) is 5.26 Å². The highest BCUT2D eigenvalue weighted by Crippen LogP contribution is 2.10. The topological polar surface area (TPSA) is 23.8 Å². The van der Waals surface area contributed by atoms with Crippen LogP contribution in [0.15, 0.2) is 12.2 Å². The Labute approximate surface area is 121 Å². The number of nitriles is 1. The van der Waals surface area contributed by atoms with Gasteiger partial charge < -0.3 is 0 Å². The number of hydrogen-bond donors (Lipinski definition) is 0. The quantitative estimate of drug-likeness (QED) is 0.257. The predicted octanol–water partition coefficient (Wildman–Crippen LogP) is 6.55. The van der Waals surface area contributed by atoms with Gasteiger partial charge in [0.1, 0.15) is 0 Å². The van der Waals surface area contributed by atoms with E-state index in [2.05, 4.69) is 25.1 Å². The van der Waals surface area contributed by atoms with Crippen molar-refractivity contribution in [2.24, 2.45) is 0 Å². The van der Waals surface area contributed by atoms with Gasteiger partial charge in [-0.15, -0.1) is 0 Å². The van der Waals surface area contributed by atoms with Crippen molar-refractivity contribution in [1.82, 2.24) is 0 Å². The molecule has 0 amide bonds. The fourth-order valence-electron chi connectivity index (χ4n) is 2.27. The zero-order valence-electron chi connectivity index (χ0n) is 13.0. The molecule has 0 aromatic carbocycles. The van der Waals surface area contributed by atoms with Crippen molar-refractivity contribution < 1.29 is 0 Å². The van der Waals surface area contributed by atoms with Crippen molar-refractivity contribution in [2.75, 3.05) is 0 Å². The number of rotatable bonds is 14. The molecular formula is C18H33N. The van der Waals surface area contributed by atoms with Gasteiger partial charge in [0.25, 0.3) is 0 Å². The van der Waals surface area contributed by atoms with Gasteiger partial charge in [0.05, 0.1) is 6.07 Å². The van der Waals surface area contributed by atoms with Crippen LogP contribution in [-0.4, -0.2) is 0 Å². The van der Waals surface area contributed by atoms with Crippen LogP contribution in [0.25, 0.3) is 0 Å². The van der Waals surface area contributed by atoms with E-state index in [0.29, 0.717) is 0 Å². The summed E-state index contributed by atoms with van der Waals surface area (Å²) in [5.41, 5.74) is 0. The highest BCUT2D eigenvalue weighted by Gasteiger charge is 1.91. The molecule has 1 nitrogen and oxygen atoms in total. The molecule has 0 aromatic heterocycles. The van der Waals surface area contributed by atoms with Gasteiger partial charge in [-0.05, 0) is 32.1 Å². The predicted molar refractivity (Wildman–Crippen MR) is 85.1 cm³/mol. The molecule has 0 heterocycles. The Kier molecular flexibility index (Phi) is 16.5. The monoisotopic (exact) mass is 263 g/mol.